The molecule has 5 heteroatoms. The molecule has 0 atom stereocenters. The first-order valence-corrected chi connectivity index (χ1v) is 7.50. The standard InChI is InChI=1S/C12H18N2O2S/c1-2-14(12-7-5-11(13)6-8-12)17(15,16)9-10-3-4-10/h5-8,10H,2-4,9,13H2,1H3. The van der Waals surface area contributed by atoms with E-state index in [0.717, 1.165) is 12.8 Å². The lowest BCUT2D eigenvalue weighted by Crippen LogP contribution is -2.33. The molecule has 2 rings (SSSR count). The van der Waals surface area contributed by atoms with E-state index in [2.05, 4.69) is 0 Å². The van der Waals surface area contributed by atoms with E-state index < -0.39 is 10.0 Å². The Balaban J connectivity index is 2.22. The molecule has 0 unspecified atom stereocenters. The number of anilines is 2. The smallest absolute Gasteiger partial charge is 0.235 e. The summed E-state index contributed by atoms with van der Waals surface area (Å²) in [5.41, 5.74) is 6.94. The van der Waals surface area contributed by atoms with Crippen LogP contribution in [0.1, 0.15) is 19.8 Å². The maximum atomic E-state index is 12.2. The van der Waals surface area contributed by atoms with Crippen molar-refractivity contribution in [3.8, 4) is 0 Å². The van der Waals surface area contributed by atoms with Gasteiger partial charge in [0.05, 0.1) is 11.4 Å². The summed E-state index contributed by atoms with van der Waals surface area (Å²) in [7, 11) is -3.18. The van der Waals surface area contributed by atoms with E-state index in [1.807, 2.05) is 6.92 Å². The Labute approximate surface area is 102 Å². The van der Waals surface area contributed by atoms with Gasteiger partial charge in [0.15, 0.2) is 0 Å². The zero-order chi connectivity index (χ0) is 12.5. The van der Waals surface area contributed by atoms with Gasteiger partial charge >= 0.3 is 0 Å². The number of nitrogens with two attached hydrogens (primary N) is 1. The molecule has 1 aliphatic carbocycles. The summed E-state index contributed by atoms with van der Waals surface area (Å²) in [6, 6.07) is 6.96. The van der Waals surface area contributed by atoms with Crippen molar-refractivity contribution in [1.82, 2.24) is 0 Å². The van der Waals surface area contributed by atoms with Crippen molar-refractivity contribution < 1.29 is 8.42 Å². The van der Waals surface area contributed by atoms with Gasteiger partial charge in [-0.05, 0) is 49.9 Å². The van der Waals surface area contributed by atoms with E-state index in [1.165, 1.54) is 4.31 Å². The van der Waals surface area contributed by atoms with Gasteiger partial charge in [-0.1, -0.05) is 0 Å². The molecule has 17 heavy (non-hydrogen) atoms. The predicted octanol–water partition coefficient (Wildman–Crippen LogP) is 1.83. The molecule has 2 N–H and O–H groups in total. The molecular weight excluding hydrogens is 236 g/mol. The fraction of sp³-hybridized carbons (Fsp3) is 0.500. The quantitative estimate of drug-likeness (QED) is 0.815. The molecule has 0 spiro atoms. The third-order valence-electron chi connectivity index (χ3n) is 2.95. The highest BCUT2D eigenvalue weighted by atomic mass is 32.2. The fourth-order valence-corrected chi connectivity index (χ4v) is 3.80. The first kappa shape index (κ1) is 12.2. The minimum absolute atomic E-state index is 0.269. The van der Waals surface area contributed by atoms with Gasteiger partial charge in [0.2, 0.25) is 10.0 Å². The van der Waals surface area contributed by atoms with Crippen molar-refractivity contribution in [2.24, 2.45) is 5.92 Å². The average molecular weight is 254 g/mol. The van der Waals surface area contributed by atoms with Gasteiger partial charge < -0.3 is 5.73 Å². The zero-order valence-corrected chi connectivity index (χ0v) is 10.8. The van der Waals surface area contributed by atoms with Crippen LogP contribution in [0, 0.1) is 5.92 Å². The fourth-order valence-electron chi connectivity index (χ4n) is 1.85. The SMILES string of the molecule is CCN(c1ccc(N)cc1)S(=O)(=O)CC1CC1. The molecule has 0 aromatic heterocycles. The van der Waals surface area contributed by atoms with Crippen LogP contribution >= 0.6 is 0 Å². The number of rotatable bonds is 5. The Bertz CT molecular complexity index is 478. The number of nitrogen functional groups attached to an aromatic ring is 1. The van der Waals surface area contributed by atoms with Gasteiger partial charge in [0, 0.05) is 12.2 Å². The molecule has 0 heterocycles. The Hall–Kier alpha value is -1.23. The third kappa shape index (κ3) is 2.91. The van der Waals surface area contributed by atoms with Crippen molar-refractivity contribution in [3.05, 3.63) is 24.3 Å². The molecule has 1 saturated carbocycles. The Morgan fingerprint density at radius 1 is 1.29 bits per heavy atom. The van der Waals surface area contributed by atoms with E-state index in [1.54, 1.807) is 24.3 Å². The molecule has 94 valence electrons. The van der Waals surface area contributed by atoms with E-state index in [4.69, 9.17) is 5.73 Å². The van der Waals surface area contributed by atoms with Crippen molar-refractivity contribution >= 4 is 21.4 Å². The molecule has 1 aromatic rings. The molecule has 1 aromatic carbocycles. The molecule has 0 bridgehead atoms. The van der Waals surface area contributed by atoms with Crippen LogP contribution in [0.3, 0.4) is 0 Å². The average Bonchev–Trinajstić information content (AvgIpc) is 3.04. The van der Waals surface area contributed by atoms with Gasteiger partial charge in [0.25, 0.3) is 0 Å². The first-order chi connectivity index (χ1) is 8.03. The zero-order valence-electron chi connectivity index (χ0n) is 9.96. The third-order valence-corrected chi connectivity index (χ3v) is 4.98. The topological polar surface area (TPSA) is 63.4 Å². The minimum atomic E-state index is -3.18. The molecule has 0 amide bonds. The Morgan fingerprint density at radius 2 is 1.88 bits per heavy atom. The number of hydrogen-bond donors (Lipinski definition) is 1. The Morgan fingerprint density at radius 3 is 2.35 bits per heavy atom. The summed E-state index contributed by atoms with van der Waals surface area (Å²) < 4.78 is 25.8. The summed E-state index contributed by atoms with van der Waals surface area (Å²) in [6.07, 6.45) is 2.08. The molecule has 1 fully saturated rings. The number of benzene rings is 1. The second kappa shape index (κ2) is 4.56. The van der Waals surface area contributed by atoms with Crippen LogP contribution < -0.4 is 10.0 Å². The van der Waals surface area contributed by atoms with Crippen LogP contribution in [0.5, 0.6) is 0 Å². The van der Waals surface area contributed by atoms with Crippen LogP contribution in [-0.4, -0.2) is 20.7 Å². The van der Waals surface area contributed by atoms with Gasteiger partial charge in [0.1, 0.15) is 0 Å². The summed E-state index contributed by atoms with van der Waals surface area (Å²) in [4.78, 5) is 0. The summed E-state index contributed by atoms with van der Waals surface area (Å²) in [5.74, 6) is 0.633. The molecule has 0 aliphatic heterocycles. The monoisotopic (exact) mass is 254 g/mol. The van der Waals surface area contributed by atoms with Crippen molar-refractivity contribution in [2.75, 3.05) is 22.3 Å². The number of nitrogens with zero attached hydrogens (tertiary/aromatic N) is 1. The highest BCUT2D eigenvalue weighted by Gasteiger charge is 2.31. The van der Waals surface area contributed by atoms with Crippen molar-refractivity contribution in [2.45, 2.75) is 19.8 Å². The van der Waals surface area contributed by atoms with Crippen LogP contribution in [-0.2, 0) is 10.0 Å². The van der Waals surface area contributed by atoms with Gasteiger partial charge in [-0.2, -0.15) is 0 Å². The lowest BCUT2D eigenvalue weighted by Gasteiger charge is -2.22. The minimum Gasteiger partial charge on any atom is -0.399 e. The normalized spacial score (nSPS) is 15.8. The second-order valence-electron chi connectivity index (χ2n) is 4.48. The van der Waals surface area contributed by atoms with E-state index in [-0.39, 0.29) is 5.75 Å². The molecule has 0 saturated heterocycles. The van der Waals surface area contributed by atoms with Gasteiger partial charge in [-0.25, -0.2) is 8.42 Å². The molecular formula is C12H18N2O2S. The number of sulfonamides is 1. The van der Waals surface area contributed by atoms with E-state index in [9.17, 15) is 8.42 Å². The highest BCUT2D eigenvalue weighted by molar-refractivity contribution is 7.92. The van der Waals surface area contributed by atoms with Gasteiger partial charge in [-0.3, -0.25) is 4.31 Å². The van der Waals surface area contributed by atoms with Gasteiger partial charge in [-0.15, -0.1) is 0 Å². The largest absolute Gasteiger partial charge is 0.399 e. The lowest BCUT2D eigenvalue weighted by molar-refractivity contribution is 0.588. The van der Waals surface area contributed by atoms with Crippen LogP contribution in [0.15, 0.2) is 24.3 Å². The molecule has 1 aliphatic rings. The van der Waals surface area contributed by atoms with E-state index in [0.29, 0.717) is 23.8 Å². The lowest BCUT2D eigenvalue weighted by atomic mass is 10.3. The Kier molecular flexibility index (Phi) is 3.28. The van der Waals surface area contributed by atoms with Crippen LogP contribution in [0.4, 0.5) is 11.4 Å². The summed E-state index contributed by atoms with van der Waals surface area (Å²) in [6.45, 7) is 2.31. The van der Waals surface area contributed by atoms with E-state index >= 15 is 0 Å². The van der Waals surface area contributed by atoms with Crippen LogP contribution in [0.25, 0.3) is 0 Å². The molecule has 4 nitrogen and oxygen atoms in total. The second-order valence-corrected chi connectivity index (χ2v) is 6.42. The van der Waals surface area contributed by atoms with Crippen molar-refractivity contribution in [3.63, 3.8) is 0 Å². The maximum Gasteiger partial charge on any atom is 0.235 e. The summed E-state index contributed by atoms with van der Waals surface area (Å²) >= 11 is 0. The highest BCUT2D eigenvalue weighted by Crippen LogP contribution is 2.32. The summed E-state index contributed by atoms with van der Waals surface area (Å²) in [5, 5.41) is 0. The van der Waals surface area contributed by atoms with Crippen LogP contribution in [0.2, 0.25) is 0 Å². The predicted molar refractivity (Wildman–Crippen MR) is 70.4 cm³/mol. The molecule has 0 radical (unpaired) electrons. The van der Waals surface area contributed by atoms with Crippen molar-refractivity contribution in [1.29, 1.82) is 0 Å². The maximum absolute atomic E-state index is 12.2. The first-order valence-electron chi connectivity index (χ1n) is 5.89. The number of hydrogen-bond acceptors (Lipinski definition) is 3.